The lowest BCUT2D eigenvalue weighted by molar-refractivity contribution is 0.0962. The molecule has 0 aliphatic carbocycles. The van der Waals surface area contributed by atoms with Crippen molar-refractivity contribution in [2.24, 2.45) is 0 Å². The van der Waals surface area contributed by atoms with Gasteiger partial charge in [-0.2, -0.15) is 0 Å². The van der Waals surface area contributed by atoms with Crippen LogP contribution in [0.15, 0.2) is 66.1 Å². The van der Waals surface area contributed by atoms with E-state index in [1.807, 2.05) is 0 Å². The lowest BCUT2D eigenvalue weighted by Gasteiger charge is -2.08. The molecule has 2 rings (SSSR count). The number of anilines is 1. The van der Waals surface area contributed by atoms with E-state index in [0.717, 1.165) is 0 Å². The summed E-state index contributed by atoms with van der Waals surface area (Å²) in [6.07, 6.45) is 1.44. The smallest absolute Gasteiger partial charge is 0.255 e. The minimum absolute atomic E-state index is 0.0610. The second-order valence-electron chi connectivity index (χ2n) is 5.28. The molecule has 0 aliphatic rings. The van der Waals surface area contributed by atoms with E-state index in [4.69, 9.17) is 0 Å². The molecule has 0 aliphatic heterocycles. The van der Waals surface area contributed by atoms with E-state index in [1.54, 1.807) is 24.3 Å². The molecule has 2 aromatic carbocycles. The van der Waals surface area contributed by atoms with Crippen molar-refractivity contribution in [1.82, 2.24) is 10.0 Å². The maximum atomic E-state index is 12.3. The zero-order valence-electron chi connectivity index (χ0n) is 14.2. The van der Waals surface area contributed by atoms with Crippen molar-refractivity contribution in [2.75, 3.05) is 18.9 Å². The molecule has 7 nitrogen and oxygen atoms in total. The van der Waals surface area contributed by atoms with Gasteiger partial charge in [0.15, 0.2) is 0 Å². The number of carbonyl (C=O) groups excluding carboxylic acids is 2. The first-order chi connectivity index (χ1) is 12.4. The van der Waals surface area contributed by atoms with E-state index >= 15 is 0 Å². The predicted octanol–water partition coefficient (Wildman–Crippen LogP) is 1.76. The molecule has 0 radical (unpaired) electrons. The molecule has 136 valence electrons. The second kappa shape index (κ2) is 8.41. The Bertz CT molecular complexity index is 904. The summed E-state index contributed by atoms with van der Waals surface area (Å²) in [5, 5.41) is 5.20. The molecule has 26 heavy (non-hydrogen) atoms. The standard InChI is InChI=1S/C18H19N3O4S/c1-3-12-20-26(24,25)16-10-6-14(7-11-16)18(23)21-15-8-4-13(5-9-15)17(22)19-2/h3-11,20H,1,12H2,2H3,(H,19,22)(H,21,23). The zero-order chi connectivity index (χ0) is 19.2. The molecule has 0 bridgehead atoms. The van der Waals surface area contributed by atoms with Crippen molar-refractivity contribution in [3.8, 4) is 0 Å². The van der Waals surface area contributed by atoms with Gasteiger partial charge in [-0.05, 0) is 48.5 Å². The predicted molar refractivity (Wildman–Crippen MR) is 99.6 cm³/mol. The fraction of sp³-hybridized carbons (Fsp3) is 0.111. The van der Waals surface area contributed by atoms with E-state index in [1.165, 1.54) is 37.4 Å². The fourth-order valence-electron chi connectivity index (χ4n) is 2.09. The van der Waals surface area contributed by atoms with Crippen LogP contribution in [-0.4, -0.2) is 33.8 Å². The highest BCUT2D eigenvalue weighted by Gasteiger charge is 2.14. The third-order valence-corrected chi connectivity index (χ3v) is 4.92. The van der Waals surface area contributed by atoms with Crippen LogP contribution in [0.4, 0.5) is 5.69 Å². The van der Waals surface area contributed by atoms with Gasteiger partial charge in [0.25, 0.3) is 11.8 Å². The normalized spacial score (nSPS) is 10.8. The Balaban J connectivity index is 2.08. The molecule has 0 spiro atoms. The Morgan fingerprint density at radius 3 is 2.04 bits per heavy atom. The number of hydrogen-bond acceptors (Lipinski definition) is 4. The molecule has 0 unspecified atom stereocenters. The van der Waals surface area contributed by atoms with Crippen LogP contribution in [0, 0.1) is 0 Å². The van der Waals surface area contributed by atoms with Crippen molar-refractivity contribution in [1.29, 1.82) is 0 Å². The molecule has 0 saturated carbocycles. The Labute approximate surface area is 152 Å². The molecule has 3 N–H and O–H groups in total. The summed E-state index contributed by atoms with van der Waals surface area (Å²) in [7, 11) is -2.09. The van der Waals surface area contributed by atoms with Crippen LogP contribution in [0.1, 0.15) is 20.7 Å². The molecule has 2 aromatic rings. The zero-order valence-corrected chi connectivity index (χ0v) is 15.0. The summed E-state index contributed by atoms with van der Waals surface area (Å²) in [5.74, 6) is -0.606. The first-order valence-electron chi connectivity index (χ1n) is 7.71. The van der Waals surface area contributed by atoms with Gasteiger partial charge in [0.1, 0.15) is 0 Å². The minimum atomic E-state index is -3.63. The largest absolute Gasteiger partial charge is 0.355 e. The van der Waals surface area contributed by atoms with Crippen LogP contribution in [0.3, 0.4) is 0 Å². The van der Waals surface area contributed by atoms with Crippen molar-refractivity contribution < 1.29 is 18.0 Å². The van der Waals surface area contributed by atoms with Crippen LogP contribution < -0.4 is 15.4 Å². The Hall–Kier alpha value is -2.97. The molecule has 0 atom stereocenters. The summed E-state index contributed by atoms with van der Waals surface area (Å²) < 4.78 is 26.3. The van der Waals surface area contributed by atoms with Crippen LogP contribution in [-0.2, 0) is 10.0 Å². The third kappa shape index (κ3) is 4.78. The maximum Gasteiger partial charge on any atom is 0.255 e. The highest BCUT2D eigenvalue weighted by atomic mass is 32.2. The van der Waals surface area contributed by atoms with Crippen molar-refractivity contribution in [2.45, 2.75) is 4.90 Å². The van der Waals surface area contributed by atoms with E-state index in [9.17, 15) is 18.0 Å². The summed E-state index contributed by atoms with van der Waals surface area (Å²) in [4.78, 5) is 23.8. The molecule has 0 saturated heterocycles. The van der Waals surface area contributed by atoms with Gasteiger partial charge in [-0.25, -0.2) is 13.1 Å². The highest BCUT2D eigenvalue weighted by Crippen LogP contribution is 2.14. The molecule has 0 fully saturated rings. The van der Waals surface area contributed by atoms with Crippen LogP contribution in [0.25, 0.3) is 0 Å². The Morgan fingerprint density at radius 2 is 1.50 bits per heavy atom. The van der Waals surface area contributed by atoms with E-state index in [-0.39, 0.29) is 23.3 Å². The second-order valence-corrected chi connectivity index (χ2v) is 7.04. The number of nitrogens with one attached hydrogen (secondary N) is 3. The van der Waals surface area contributed by atoms with Crippen LogP contribution >= 0.6 is 0 Å². The van der Waals surface area contributed by atoms with Gasteiger partial charge in [0.2, 0.25) is 10.0 Å². The summed E-state index contributed by atoms with van der Waals surface area (Å²) in [5.41, 5.74) is 1.31. The number of hydrogen-bond donors (Lipinski definition) is 3. The first-order valence-corrected chi connectivity index (χ1v) is 9.20. The van der Waals surface area contributed by atoms with E-state index in [0.29, 0.717) is 16.8 Å². The van der Waals surface area contributed by atoms with Gasteiger partial charge in [0.05, 0.1) is 4.90 Å². The van der Waals surface area contributed by atoms with Gasteiger partial charge in [-0.3, -0.25) is 9.59 Å². The molecule has 0 heterocycles. The number of sulfonamides is 1. The van der Waals surface area contributed by atoms with E-state index in [2.05, 4.69) is 21.9 Å². The monoisotopic (exact) mass is 373 g/mol. The maximum absolute atomic E-state index is 12.3. The quantitative estimate of drug-likeness (QED) is 0.643. The van der Waals surface area contributed by atoms with Crippen molar-refractivity contribution >= 4 is 27.5 Å². The topological polar surface area (TPSA) is 104 Å². The number of carbonyl (C=O) groups is 2. The average molecular weight is 373 g/mol. The van der Waals surface area contributed by atoms with Gasteiger partial charge < -0.3 is 10.6 Å². The Kier molecular flexibility index (Phi) is 6.26. The number of rotatable bonds is 7. The molecule has 0 aromatic heterocycles. The van der Waals surface area contributed by atoms with Crippen LogP contribution in [0.2, 0.25) is 0 Å². The molecule has 8 heteroatoms. The molecule has 2 amide bonds. The van der Waals surface area contributed by atoms with Crippen LogP contribution in [0.5, 0.6) is 0 Å². The SMILES string of the molecule is C=CCNS(=O)(=O)c1ccc(C(=O)Nc2ccc(C(=O)NC)cc2)cc1. The average Bonchev–Trinajstić information content (AvgIpc) is 2.66. The third-order valence-electron chi connectivity index (χ3n) is 3.48. The number of amides is 2. The van der Waals surface area contributed by atoms with Crippen molar-refractivity contribution in [3.63, 3.8) is 0 Å². The number of benzene rings is 2. The van der Waals surface area contributed by atoms with Crippen molar-refractivity contribution in [3.05, 3.63) is 72.3 Å². The summed E-state index contributed by atoms with van der Waals surface area (Å²) in [6, 6.07) is 12.0. The Morgan fingerprint density at radius 1 is 0.962 bits per heavy atom. The van der Waals surface area contributed by atoms with Gasteiger partial charge >= 0.3 is 0 Å². The lowest BCUT2D eigenvalue weighted by Crippen LogP contribution is -2.23. The van der Waals surface area contributed by atoms with Gasteiger partial charge in [0, 0.05) is 30.4 Å². The minimum Gasteiger partial charge on any atom is -0.355 e. The molecular weight excluding hydrogens is 354 g/mol. The summed E-state index contributed by atoms with van der Waals surface area (Å²) >= 11 is 0. The highest BCUT2D eigenvalue weighted by molar-refractivity contribution is 7.89. The van der Waals surface area contributed by atoms with E-state index < -0.39 is 10.0 Å². The summed E-state index contributed by atoms with van der Waals surface area (Å²) in [6.45, 7) is 3.57. The van der Waals surface area contributed by atoms with Gasteiger partial charge in [-0.15, -0.1) is 6.58 Å². The first kappa shape index (κ1) is 19.4. The fourth-order valence-corrected chi connectivity index (χ4v) is 3.09. The molecular formula is C18H19N3O4S. The lowest BCUT2D eigenvalue weighted by atomic mass is 10.1. The van der Waals surface area contributed by atoms with Gasteiger partial charge in [-0.1, -0.05) is 6.08 Å².